The number of benzene rings is 1. The third-order valence-corrected chi connectivity index (χ3v) is 2.71. The number of halogens is 2. The number of fused-ring (bicyclic) bond motifs is 1. The van der Waals surface area contributed by atoms with E-state index >= 15 is 0 Å². The zero-order chi connectivity index (χ0) is 13.8. The molecule has 0 unspecified atom stereocenters. The Balaban J connectivity index is 2.37. The van der Waals surface area contributed by atoms with Crippen molar-refractivity contribution < 1.29 is 18.3 Å². The van der Waals surface area contributed by atoms with Crippen molar-refractivity contribution in [3.8, 4) is 5.75 Å². The fourth-order valence-electron chi connectivity index (χ4n) is 1.85. The lowest BCUT2D eigenvalue weighted by Gasteiger charge is -2.11. The standard InChI is InChI=1S/C14H15F2NO2/c1-9-8-12(19-7-3-6-18-2)13-11(17-9)5-4-10(15)14(13)16/h4-5,8H,3,6-7H2,1-2H3. The van der Waals surface area contributed by atoms with Crippen molar-refractivity contribution in [2.75, 3.05) is 20.3 Å². The van der Waals surface area contributed by atoms with Crippen molar-refractivity contribution in [2.24, 2.45) is 0 Å². The van der Waals surface area contributed by atoms with Gasteiger partial charge in [-0.25, -0.2) is 8.78 Å². The molecule has 0 fully saturated rings. The van der Waals surface area contributed by atoms with Crippen molar-refractivity contribution in [1.29, 1.82) is 0 Å². The van der Waals surface area contributed by atoms with Crippen LogP contribution in [0.1, 0.15) is 12.1 Å². The van der Waals surface area contributed by atoms with Crippen LogP contribution in [0.25, 0.3) is 10.9 Å². The lowest BCUT2D eigenvalue weighted by atomic mass is 10.1. The Morgan fingerprint density at radius 1 is 1.21 bits per heavy atom. The topological polar surface area (TPSA) is 31.4 Å². The summed E-state index contributed by atoms with van der Waals surface area (Å²) in [6.45, 7) is 2.71. The maximum atomic E-state index is 13.8. The number of hydrogen-bond donors (Lipinski definition) is 0. The van der Waals surface area contributed by atoms with E-state index in [2.05, 4.69) is 4.98 Å². The predicted molar refractivity (Wildman–Crippen MR) is 68.4 cm³/mol. The Hall–Kier alpha value is -1.75. The first-order valence-electron chi connectivity index (χ1n) is 6.00. The SMILES string of the molecule is COCCCOc1cc(C)nc2ccc(F)c(F)c12. The van der Waals surface area contributed by atoms with Gasteiger partial charge in [0.1, 0.15) is 5.75 Å². The summed E-state index contributed by atoms with van der Waals surface area (Å²) in [6.07, 6.45) is 0.677. The second-order valence-corrected chi connectivity index (χ2v) is 4.21. The number of aryl methyl sites for hydroxylation is 1. The molecule has 0 bridgehead atoms. The molecule has 2 rings (SSSR count). The van der Waals surface area contributed by atoms with Crippen LogP contribution in [0.5, 0.6) is 5.75 Å². The van der Waals surface area contributed by atoms with E-state index in [1.807, 2.05) is 0 Å². The lowest BCUT2D eigenvalue weighted by Crippen LogP contribution is -2.03. The molecule has 0 aliphatic heterocycles. The molecule has 5 heteroatoms. The van der Waals surface area contributed by atoms with E-state index in [1.165, 1.54) is 6.07 Å². The van der Waals surface area contributed by atoms with Crippen LogP contribution in [-0.4, -0.2) is 25.3 Å². The van der Waals surface area contributed by atoms with Gasteiger partial charge < -0.3 is 9.47 Å². The Labute approximate surface area is 110 Å². The van der Waals surface area contributed by atoms with E-state index < -0.39 is 11.6 Å². The molecule has 0 radical (unpaired) electrons. The van der Waals surface area contributed by atoms with Crippen molar-refractivity contribution in [3.05, 3.63) is 35.5 Å². The molecule has 1 aromatic carbocycles. The fraction of sp³-hybridized carbons (Fsp3) is 0.357. The summed E-state index contributed by atoms with van der Waals surface area (Å²) in [6, 6.07) is 4.12. The van der Waals surface area contributed by atoms with Gasteiger partial charge in [-0.05, 0) is 19.1 Å². The summed E-state index contributed by atoms with van der Waals surface area (Å²) < 4.78 is 37.6. The van der Waals surface area contributed by atoms with Crippen LogP contribution in [0, 0.1) is 18.6 Å². The van der Waals surface area contributed by atoms with Crippen molar-refractivity contribution in [2.45, 2.75) is 13.3 Å². The van der Waals surface area contributed by atoms with Crippen LogP contribution in [0.4, 0.5) is 8.78 Å². The monoisotopic (exact) mass is 267 g/mol. The number of ether oxygens (including phenoxy) is 2. The average molecular weight is 267 g/mol. The zero-order valence-electron chi connectivity index (χ0n) is 10.9. The first-order valence-corrected chi connectivity index (χ1v) is 6.00. The quantitative estimate of drug-likeness (QED) is 0.779. The average Bonchev–Trinajstić information content (AvgIpc) is 2.38. The van der Waals surface area contributed by atoms with Crippen molar-refractivity contribution >= 4 is 10.9 Å². The molecule has 1 aromatic heterocycles. The summed E-state index contributed by atoms with van der Waals surface area (Å²) in [5, 5.41) is 0.0861. The van der Waals surface area contributed by atoms with Crippen molar-refractivity contribution in [1.82, 2.24) is 4.98 Å². The highest BCUT2D eigenvalue weighted by atomic mass is 19.2. The van der Waals surface area contributed by atoms with Gasteiger partial charge in [0, 0.05) is 31.9 Å². The molecular weight excluding hydrogens is 252 g/mol. The van der Waals surface area contributed by atoms with Gasteiger partial charge in [0.05, 0.1) is 17.5 Å². The van der Waals surface area contributed by atoms with Crippen molar-refractivity contribution in [3.63, 3.8) is 0 Å². The molecule has 102 valence electrons. The van der Waals surface area contributed by atoms with Gasteiger partial charge in [-0.2, -0.15) is 0 Å². The minimum absolute atomic E-state index is 0.0861. The van der Waals surface area contributed by atoms with E-state index in [9.17, 15) is 8.78 Å². The molecule has 0 saturated carbocycles. The van der Waals surface area contributed by atoms with E-state index in [4.69, 9.17) is 9.47 Å². The normalized spacial score (nSPS) is 10.9. The first kappa shape index (κ1) is 13.7. The Morgan fingerprint density at radius 3 is 2.74 bits per heavy atom. The second-order valence-electron chi connectivity index (χ2n) is 4.21. The van der Waals surface area contributed by atoms with E-state index in [0.717, 1.165) is 6.07 Å². The van der Waals surface area contributed by atoms with Gasteiger partial charge >= 0.3 is 0 Å². The molecule has 19 heavy (non-hydrogen) atoms. The zero-order valence-corrected chi connectivity index (χ0v) is 10.9. The smallest absolute Gasteiger partial charge is 0.171 e. The number of nitrogens with zero attached hydrogens (tertiary/aromatic N) is 1. The maximum Gasteiger partial charge on any atom is 0.171 e. The third-order valence-electron chi connectivity index (χ3n) is 2.71. The van der Waals surface area contributed by atoms with Crippen LogP contribution >= 0.6 is 0 Å². The molecule has 0 atom stereocenters. The van der Waals surface area contributed by atoms with Crippen LogP contribution in [0.2, 0.25) is 0 Å². The summed E-state index contributed by atoms with van der Waals surface area (Å²) in [5.74, 6) is -1.51. The summed E-state index contributed by atoms with van der Waals surface area (Å²) in [7, 11) is 1.60. The van der Waals surface area contributed by atoms with E-state index in [-0.39, 0.29) is 5.39 Å². The summed E-state index contributed by atoms with van der Waals surface area (Å²) in [5.41, 5.74) is 1.08. The molecule has 2 aromatic rings. The Bertz CT molecular complexity index is 587. The van der Waals surface area contributed by atoms with Gasteiger partial charge in [0.15, 0.2) is 11.6 Å². The van der Waals surface area contributed by atoms with Crippen LogP contribution in [-0.2, 0) is 4.74 Å². The number of rotatable bonds is 5. The lowest BCUT2D eigenvalue weighted by molar-refractivity contribution is 0.172. The molecule has 0 amide bonds. The number of hydrogen-bond acceptors (Lipinski definition) is 3. The molecule has 1 heterocycles. The molecule has 0 N–H and O–H groups in total. The Kier molecular flexibility index (Phi) is 4.27. The molecular formula is C14H15F2NO2. The minimum atomic E-state index is -0.924. The highest BCUT2D eigenvalue weighted by Crippen LogP contribution is 2.29. The molecule has 0 aliphatic carbocycles. The predicted octanol–water partition coefficient (Wildman–Crippen LogP) is 3.24. The van der Waals surface area contributed by atoms with Gasteiger partial charge in [-0.15, -0.1) is 0 Å². The summed E-state index contributed by atoms with van der Waals surface area (Å²) in [4.78, 5) is 4.17. The van der Waals surface area contributed by atoms with E-state index in [0.29, 0.717) is 36.6 Å². The van der Waals surface area contributed by atoms with Gasteiger partial charge in [0.25, 0.3) is 0 Å². The van der Waals surface area contributed by atoms with Gasteiger partial charge in [-0.3, -0.25) is 4.98 Å². The van der Waals surface area contributed by atoms with E-state index in [1.54, 1.807) is 20.1 Å². The largest absolute Gasteiger partial charge is 0.493 e. The molecule has 3 nitrogen and oxygen atoms in total. The van der Waals surface area contributed by atoms with Crippen LogP contribution in [0.3, 0.4) is 0 Å². The first-order chi connectivity index (χ1) is 9.13. The Morgan fingerprint density at radius 2 is 2.00 bits per heavy atom. The highest BCUT2D eigenvalue weighted by molar-refractivity contribution is 5.86. The molecule has 0 aliphatic rings. The fourth-order valence-corrected chi connectivity index (χ4v) is 1.85. The highest BCUT2D eigenvalue weighted by Gasteiger charge is 2.14. The minimum Gasteiger partial charge on any atom is -0.493 e. The summed E-state index contributed by atoms with van der Waals surface area (Å²) >= 11 is 0. The maximum absolute atomic E-state index is 13.8. The molecule has 0 spiro atoms. The van der Waals surface area contributed by atoms with Gasteiger partial charge in [0.2, 0.25) is 0 Å². The third kappa shape index (κ3) is 2.98. The van der Waals surface area contributed by atoms with Gasteiger partial charge in [-0.1, -0.05) is 0 Å². The number of pyridine rings is 1. The number of aromatic nitrogens is 1. The van der Waals surface area contributed by atoms with Crippen LogP contribution < -0.4 is 4.74 Å². The number of methoxy groups -OCH3 is 1. The van der Waals surface area contributed by atoms with Crippen LogP contribution in [0.15, 0.2) is 18.2 Å². The second kappa shape index (κ2) is 5.93. The molecule has 0 saturated heterocycles.